The number of anilines is 1. The minimum atomic E-state index is -0.113. The zero-order chi connectivity index (χ0) is 14.5. The standard InChI is InChI=1S/C17H18ClNO/c1-12(2)13-7-9-14(10-8-13)17(20)19-16-6-4-3-5-15(16)11-18/h3-10,12H,11H2,1-2H3,(H,19,20). The van der Waals surface area contributed by atoms with Crippen LogP contribution in [0.4, 0.5) is 5.69 Å². The van der Waals surface area contributed by atoms with Gasteiger partial charge in [0.15, 0.2) is 0 Å². The lowest BCUT2D eigenvalue weighted by Crippen LogP contribution is -2.13. The van der Waals surface area contributed by atoms with Crippen LogP contribution in [0, 0.1) is 0 Å². The number of halogens is 1. The van der Waals surface area contributed by atoms with Gasteiger partial charge in [0.2, 0.25) is 0 Å². The minimum Gasteiger partial charge on any atom is -0.322 e. The quantitative estimate of drug-likeness (QED) is 0.804. The third kappa shape index (κ3) is 3.40. The molecule has 1 amide bonds. The Labute approximate surface area is 124 Å². The molecule has 2 rings (SSSR count). The van der Waals surface area contributed by atoms with Crippen molar-refractivity contribution in [3.63, 3.8) is 0 Å². The number of rotatable bonds is 4. The molecule has 0 radical (unpaired) electrons. The molecule has 3 heteroatoms. The first-order chi connectivity index (χ1) is 9.61. The first kappa shape index (κ1) is 14.6. The van der Waals surface area contributed by atoms with Crippen LogP contribution in [-0.4, -0.2) is 5.91 Å². The van der Waals surface area contributed by atoms with Crippen LogP contribution in [0.1, 0.15) is 41.3 Å². The second-order valence-electron chi connectivity index (χ2n) is 5.02. The predicted molar refractivity (Wildman–Crippen MR) is 84.5 cm³/mol. The molecule has 0 bridgehead atoms. The molecular formula is C17H18ClNO. The monoisotopic (exact) mass is 287 g/mol. The van der Waals surface area contributed by atoms with Crippen LogP contribution in [0.15, 0.2) is 48.5 Å². The number of hydrogen-bond donors (Lipinski definition) is 1. The number of hydrogen-bond acceptors (Lipinski definition) is 1. The van der Waals surface area contributed by atoms with Crippen molar-refractivity contribution < 1.29 is 4.79 Å². The molecular weight excluding hydrogens is 270 g/mol. The summed E-state index contributed by atoms with van der Waals surface area (Å²) in [6.45, 7) is 4.26. The molecule has 2 aromatic rings. The molecule has 0 spiro atoms. The summed E-state index contributed by atoms with van der Waals surface area (Å²) < 4.78 is 0. The number of alkyl halides is 1. The van der Waals surface area contributed by atoms with Gasteiger partial charge >= 0.3 is 0 Å². The molecule has 0 heterocycles. The van der Waals surface area contributed by atoms with Crippen molar-refractivity contribution in [1.82, 2.24) is 0 Å². The average Bonchev–Trinajstić information content (AvgIpc) is 2.48. The smallest absolute Gasteiger partial charge is 0.255 e. The van der Waals surface area contributed by atoms with Crippen LogP contribution < -0.4 is 5.32 Å². The van der Waals surface area contributed by atoms with E-state index in [1.165, 1.54) is 5.56 Å². The van der Waals surface area contributed by atoms with Crippen LogP contribution in [0.5, 0.6) is 0 Å². The van der Waals surface area contributed by atoms with Crippen molar-refractivity contribution in [3.05, 3.63) is 65.2 Å². The van der Waals surface area contributed by atoms with Gasteiger partial charge in [-0.15, -0.1) is 11.6 Å². The molecule has 0 fully saturated rings. The number of nitrogens with one attached hydrogen (secondary N) is 1. The molecule has 1 N–H and O–H groups in total. The predicted octanol–water partition coefficient (Wildman–Crippen LogP) is 4.80. The number of carbonyl (C=O) groups excluding carboxylic acids is 1. The Balaban J connectivity index is 2.15. The van der Waals surface area contributed by atoms with E-state index in [0.29, 0.717) is 17.4 Å². The Bertz CT molecular complexity index is 590. The second kappa shape index (κ2) is 6.58. The van der Waals surface area contributed by atoms with E-state index in [1.807, 2.05) is 48.5 Å². The molecule has 20 heavy (non-hydrogen) atoms. The molecule has 2 aromatic carbocycles. The Morgan fingerprint density at radius 2 is 1.75 bits per heavy atom. The van der Waals surface area contributed by atoms with Gasteiger partial charge in [0.25, 0.3) is 5.91 Å². The molecule has 0 saturated heterocycles. The summed E-state index contributed by atoms with van der Waals surface area (Å²) in [7, 11) is 0. The Morgan fingerprint density at radius 3 is 2.35 bits per heavy atom. The van der Waals surface area contributed by atoms with Gasteiger partial charge < -0.3 is 5.32 Å². The lowest BCUT2D eigenvalue weighted by molar-refractivity contribution is 0.102. The first-order valence-corrected chi connectivity index (χ1v) is 7.20. The average molecular weight is 288 g/mol. The Kier molecular flexibility index (Phi) is 4.80. The molecule has 0 aromatic heterocycles. The molecule has 0 aliphatic rings. The molecule has 0 aliphatic heterocycles. The summed E-state index contributed by atoms with van der Waals surface area (Å²) in [6, 6.07) is 15.3. The minimum absolute atomic E-state index is 0.113. The zero-order valence-electron chi connectivity index (χ0n) is 11.7. The van der Waals surface area contributed by atoms with Crippen molar-refractivity contribution in [1.29, 1.82) is 0 Å². The van der Waals surface area contributed by atoms with Gasteiger partial charge in [-0.1, -0.05) is 44.2 Å². The molecule has 0 aliphatic carbocycles. The van der Waals surface area contributed by atoms with Crippen molar-refractivity contribution >= 4 is 23.2 Å². The van der Waals surface area contributed by atoms with Gasteiger partial charge in [0.05, 0.1) is 0 Å². The molecule has 2 nitrogen and oxygen atoms in total. The summed E-state index contributed by atoms with van der Waals surface area (Å²) >= 11 is 5.87. The fourth-order valence-electron chi connectivity index (χ4n) is 1.97. The third-order valence-corrected chi connectivity index (χ3v) is 3.54. The van der Waals surface area contributed by atoms with Gasteiger partial charge in [0, 0.05) is 17.1 Å². The van der Waals surface area contributed by atoms with Gasteiger partial charge in [-0.05, 0) is 35.2 Å². The van der Waals surface area contributed by atoms with Crippen molar-refractivity contribution in [2.45, 2.75) is 25.6 Å². The zero-order valence-corrected chi connectivity index (χ0v) is 12.4. The largest absolute Gasteiger partial charge is 0.322 e. The van der Waals surface area contributed by atoms with E-state index in [1.54, 1.807) is 0 Å². The SMILES string of the molecule is CC(C)c1ccc(C(=O)Nc2ccccc2CCl)cc1. The molecule has 0 saturated carbocycles. The lowest BCUT2D eigenvalue weighted by atomic mass is 10.0. The maximum Gasteiger partial charge on any atom is 0.255 e. The first-order valence-electron chi connectivity index (χ1n) is 6.67. The number of para-hydroxylation sites is 1. The summed E-state index contributed by atoms with van der Waals surface area (Å²) in [5, 5.41) is 2.90. The maximum atomic E-state index is 12.2. The van der Waals surface area contributed by atoms with Crippen LogP contribution in [-0.2, 0) is 5.88 Å². The fourth-order valence-corrected chi connectivity index (χ4v) is 2.21. The second-order valence-corrected chi connectivity index (χ2v) is 5.29. The van der Waals surface area contributed by atoms with Crippen LogP contribution in [0.3, 0.4) is 0 Å². The fraction of sp³-hybridized carbons (Fsp3) is 0.235. The molecule has 104 valence electrons. The normalized spacial score (nSPS) is 10.6. The Morgan fingerprint density at radius 1 is 1.10 bits per heavy atom. The van der Waals surface area contributed by atoms with Gasteiger partial charge in [0.1, 0.15) is 0 Å². The van der Waals surface area contributed by atoms with E-state index < -0.39 is 0 Å². The van der Waals surface area contributed by atoms with Crippen LogP contribution in [0.2, 0.25) is 0 Å². The van der Waals surface area contributed by atoms with Crippen LogP contribution in [0.25, 0.3) is 0 Å². The Hall–Kier alpha value is -1.80. The number of carbonyl (C=O) groups is 1. The summed E-state index contributed by atoms with van der Waals surface area (Å²) in [6.07, 6.45) is 0. The van der Waals surface area contributed by atoms with Gasteiger partial charge in [-0.25, -0.2) is 0 Å². The van der Waals surface area contributed by atoms with E-state index in [2.05, 4.69) is 19.2 Å². The summed E-state index contributed by atoms with van der Waals surface area (Å²) in [4.78, 5) is 12.2. The molecule has 0 atom stereocenters. The van der Waals surface area contributed by atoms with E-state index >= 15 is 0 Å². The van der Waals surface area contributed by atoms with E-state index in [9.17, 15) is 4.79 Å². The highest BCUT2D eigenvalue weighted by atomic mass is 35.5. The van der Waals surface area contributed by atoms with E-state index in [0.717, 1.165) is 11.3 Å². The van der Waals surface area contributed by atoms with Gasteiger partial charge in [-0.3, -0.25) is 4.79 Å². The summed E-state index contributed by atoms with van der Waals surface area (Å²) in [5.41, 5.74) is 3.56. The van der Waals surface area contributed by atoms with Crippen molar-refractivity contribution in [3.8, 4) is 0 Å². The van der Waals surface area contributed by atoms with Crippen molar-refractivity contribution in [2.75, 3.05) is 5.32 Å². The summed E-state index contributed by atoms with van der Waals surface area (Å²) in [5.74, 6) is 0.727. The highest BCUT2D eigenvalue weighted by Gasteiger charge is 2.09. The maximum absolute atomic E-state index is 12.2. The van der Waals surface area contributed by atoms with E-state index in [4.69, 9.17) is 11.6 Å². The number of amides is 1. The number of benzene rings is 2. The lowest BCUT2D eigenvalue weighted by Gasteiger charge is -2.10. The van der Waals surface area contributed by atoms with Crippen LogP contribution >= 0.6 is 11.6 Å². The highest BCUT2D eigenvalue weighted by Crippen LogP contribution is 2.19. The van der Waals surface area contributed by atoms with Crippen molar-refractivity contribution in [2.24, 2.45) is 0 Å². The van der Waals surface area contributed by atoms with E-state index in [-0.39, 0.29) is 5.91 Å². The third-order valence-electron chi connectivity index (χ3n) is 3.25. The highest BCUT2D eigenvalue weighted by molar-refractivity contribution is 6.17. The van der Waals surface area contributed by atoms with Gasteiger partial charge in [-0.2, -0.15) is 0 Å². The molecule has 0 unspecified atom stereocenters. The topological polar surface area (TPSA) is 29.1 Å².